The third-order valence-corrected chi connectivity index (χ3v) is 5.60. The van der Waals surface area contributed by atoms with Gasteiger partial charge in [-0.15, -0.1) is 0 Å². The van der Waals surface area contributed by atoms with Gasteiger partial charge in [-0.2, -0.15) is 0 Å². The van der Waals surface area contributed by atoms with Crippen LogP contribution in [0.15, 0.2) is 29.2 Å². The molecule has 2 unspecified atom stereocenters. The van der Waals surface area contributed by atoms with Gasteiger partial charge in [0.2, 0.25) is 10.0 Å². The number of nitrogens with zero attached hydrogens (tertiary/aromatic N) is 1. The number of nitrogens with one attached hydrogen (secondary N) is 1. The fraction of sp³-hybridized carbons (Fsp3) is 0.625. The van der Waals surface area contributed by atoms with E-state index in [9.17, 15) is 8.42 Å². The van der Waals surface area contributed by atoms with Crippen molar-refractivity contribution in [3.8, 4) is 0 Å². The van der Waals surface area contributed by atoms with Crippen molar-refractivity contribution >= 4 is 10.0 Å². The Morgan fingerprint density at radius 3 is 2.14 bits per heavy atom. The van der Waals surface area contributed by atoms with Crippen LogP contribution in [0.4, 0.5) is 0 Å². The van der Waals surface area contributed by atoms with E-state index in [0.717, 1.165) is 24.8 Å². The summed E-state index contributed by atoms with van der Waals surface area (Å²) in [5.41, 5.74) is 1.11. The van der Waals surface area contributed by atoms with Crippen LogP contribution in [0.3, 0.4) is 0 Å². The van der Waals surface area contributed by atoms with Crippen LogP contribution in [0, 0.1) is 0 Å². The monoisotopic (exact) mass is 312 g/mol. The van der Waals surface area contributed by atoms with Crippen molar-refractivity contribution in [1.29, 1.82) is 0 Å². The van der Waals surface area contributed by atoms with E-state index in [-0.39, 0.29) is 6.04 Å². The predicted octanol–water partition coefficient (Wildman–Crippen LogP) is 3.17. The highest BCUT2D eigenvalue weighted by atomic mass is 32.2. The molecular weight excluding hydrogens is 284 g/mol. The SMILES string of the molecule is CCCC(CC)NC(C)c1ccc(S(=O)(=O)N(C)C)cc1. The molecule has 0 saturated carbocycles. The van der Waals surface area contributed by atoms with Crippen molar-refractivity contribution in [1.82, 2.24) is 9.62 Å². The number of sulfonamides is 1. The van der Waals surface area contributed by atoms with Gasteiger partial charge in [-0.05, 0) is 37.5 Å². The highest BCUT2D eigenvalue weighted by molar-refractivity contribution is 7.89. The summed E-state index contributed by atoms with van der Waals surface area (Å²) in [7, 11) is -0.251. The summed E-state index contributed by atoms with van der Waals surface area (Å²) in [6.07, 6.45) is 3.43. The average Bonchev–Trinajstić information content (AvgIpc) is 2.46. The van der Waals surface area contributed by atoms with E-state index in [1.165, 1.54) is 4.31 Å². The molecule has 0 bridgehead atoms. The Hall–Kier alpha value is -0.910. The summed E-state index contributed by atoms with van der Waals surface area (Å²) < 4.78 is 25.3. The second kappa shape index (κ2) is 7.92. The molecule has 0 heterocycles. The molecule has 0 aromatic heterocycles. The third kappa shape index (κ3) is 4.80. The predicted molar refractivity (Wildman–Crippen MR) is 87.9 cm³/mol. The second-order valence-corrected chi connectivity index (χ2v) is 7.79. The molecule has 1 rings (SSSR count). The summed E-state index contributed by atoms with van der Waals surface area (Å²) in [6, 6.07) is 7.89. The van der Waals surface area contributed by atoms with Gasteiger partial charge in [-0.1, -0.05) is 32.4 Å². The molecule has 0 radical (unpaired) electrons. The number of rotatable bonds is 8. The quantitative estimate of drug-likeness (QED) is 0.802. The van der Waals surface area contributed by atoms with Gasteiger partial charge in [0.05, 0.1) is 4.90 Å². The molecule has 21 heavy (non-hydrogen) atoms. The average molecular weight is 312 g/mol. The van der Waals surface area contributed by atoms with Gasteiger partial charge in [-0.3, -0.25) is 0 Å². The molecular formula is C16H28N2O2S. The smallest absolute Gasteiger partial charge is 0.242 e. The fourth-order valence-electron chi connectivity index (χ4n) is 2.34. The Morgan fingerprint density at radius 2 is 1.71 bits per heavy atom. The van der Waals surface area contributed by atoms with E-state index in [4.69, 9.17) is 0 Å². The minimum Gasteiger partial charge on any atom is -0.307 e. The van der Waals surface area contributed by atoms with Crippen molar-refractivity contribution in [2.24, 2.45) is 0 Å². The highest BCUT2D eigenvalue weighted by Gasteiger charge is 2.17. The summed E-state index contributed by atoms with van der Waals surface area (Å²) in [6.45, 7) is 6.50. The lowest BCUT2D eigenvalue weighted by Gasteiger charge is -2.22. The first-order valence-electron chi connectivity index (χ1n) is 7.61. The Labute approximate surface area is 129 Å². The lowest BCUT2D eigenvalue weighted by molar-refractivity contribution is 0.417. The van der Waals surface area contributed by atoms with Crippen LogP contribution in [0.5, 0.6) is 0 Å². The van der Waals surface area contributed by atoms with Crippen LogP contribution in [0.1, 0.15) is 51.6 Å². The maximum atomic E-state index is 12.0. The van der Waals surface area contributed by atoms with Gasteiger partial charge in [-0.25, -0.2) is 12.7 Å². The van der Waals surface area contributed by atoms with Crippen molar-refractivity contribution in [3.63, 3.8) is 0 Å². The van der Waals surface area contributed by atoms with Crippen LogP contribution in [-0.2, 0) is 10.0 Å². The summed E-state index contributed by atoms with van der Waals surface area (Å²) in [5.74, 6) is 0. The molecule has 0 amide bonds. The molecule has 0 fully saturated rings. The third-order valence-electron chi connectivity index (χ3n) is 3.77. The second-order valence-electron chi connectivity index (χ2n) is 5.64. The minimum absolute atomic E-state index is 0.220. The Balaban J connectivity index is 2.83. The number of benzene rings is 1. The van der Waals surface area contributed by atoms with E-state index in [1.807, 2.05) is 12.1 Å². The normalized spacial score (nSPS) is 15.1. The van der Waals surface area contributed by atoms with Gasteiger partial charge in [0.1, 0.15) is 0 Å². The first-order valence-corrected chi connectivity index (χ1v) is 9.05. The topological polar surface area (TPSA) is 49.4 Å². The maximum Gasteiger partial charge on any atom is 0.242 e. The van der Waals surface area contributed by atoms with Gasteiger partial charge in [0.25, 0.3) is 0 Å². The Morgan fingerprint density at radius 1 is 1.14 bits per heavy atom. The largest absolute Gasteiger partial charge is 0.307 e. The van der Waals surface area contributed by atoms with E-state index < -0.39 is 10.0 Å². The molecule has 0 aliphatic heterocycles. The van der Waals surface area contributed by atoms with Crippen LogP contribution in [-0.4, -0.2) is 32.9 Å². The van der Waals surface area contributed by atoms with Crippen LogP contribution < -0.4 is 5.32 Å². The number of hydrogen-bond acceptors (Lipinski definition) is 3. The zero-order valence-corrected chi connectivity index (χ0v) is 14.6. The van der Waals surface area contributed by atoms with E-state index in [0.29, 0.717) is 10.9 Å². The van der Waals surface area contributed by atoms with Crippen molar-refractivity contribution in [3.05, 3.63) is 29.8 Å². The van der Waals surface area contributed by atoms with Crippen LogP contribution >= 0.6 is 0 Å². The highest BCUT2D eigenvalue weighted by Crippen LogP contribution is 2.19. The zero-order chi connectivity index (χ0) is 16.0. The fourth-order valence-corrected chi connectivity index (χ4v) is 3.24. The summed E-state index contributed by atoms with van der Waals surface area (Å²) in [5, 5.41) is 3.60. The first kappa shape index (κ1) is 18.1. The minimum atomic E-state index is -3.34. The lowest BCUT2D eigenvalue weighted by Crippen LogP contribution is -2.30. The molecule has 4 nitrogen and oxygen atoms in total. The van der Waals surface area contributed by atoms with Gasteiger partial charge < -0.3 is 5.32 Å². The molecule has 1 aromatic carbocycles. The van der Waals surface area contributed by atoms with E-state index in [2.05, 4.69) is 26.1 Å². The Bertz CT molecular complexity index is 524. The van der Waals surface area contributed by atoms with Crippen LogP contribution in [0.25, 0.3) is 0 Å². The zero-order valence-electron chi connectivity index (χ0n) is 13.8. The Kier molecular flexibility index (Phi) is 6.84. The van der Waals surface area contributed by atoms with Crippen molar-refractivity contribution < 1.29 is 8.42 Å². The molecule has 1 N–H and O–H groups in total. The molecule has 0 saturated heterocycles. The molecule has 120 valence electrons. The van der Waals surface area contributed by atoms with Crippen molar-refractivity contribution in [2.45, 2.75) is 57.0 Å². The molecule has 2 atom stereocenters. The molecule has 0 aliphatic rings. The van der Waals surface area contributed by atoms with E-state index >= 15 is 0 Å². The lowest BCUT2D eigenvalue weighted by atomic mass is 10.0. The molecule has 0 aliphatic carbocycles. The van der Waals surface area contributed by atoms with E-state index in [1.54, 1.807) is 26.2 Å². The van der Waals surface area contributed by atoms with Crippen LogP contribution in [0.2, 0.25) is 0 Å². The first-order chi connectivity index (χ1) is 9.82. The maximum absolute atomic E-state index is 12.0. The molecule has 1 aromatic rings. The van der Waals surface area contributed by atoms with Gasteiger partial charge in [0.15, 0.2) is 0 Å². The van der Waals surface area contributed by atoms with Gasteiger partial charge >= 0.3 is 0 Å². The summed E-state index contributed by atoms with van der Waals surface area (Å²) >= 11 is 0. The standard InChI is InChI=1S/C16H28N2O2S/c1-6-8-15(7-2)17-13(3)14-9-11-16(12-10-14)21(19,20)18(4)5/h9-13,15,17H,6-8H2,1-5H3. The summed E-state index contributed by atoms with van der Waals surface area (Å²) in [4.78, 5) is 0.337. The molecule has 0 spiro atoms. The molecule has 5 heteroatoms. The number of hydrogen-bond donors (Lipinski definition) is 1. The van der Waals surface area contributed by atoms with Crippen molar-refractivity contribution in [2.75, 3.05) is 14.1 Å². The van der Waals surface area contributed by atoms with Gasteiger partial charge in [0, 0.05) is 26.2 Å².